The molecule has 0 spiro atoms. The van der Waals surface area contributed by atoms with Crippen molar-refractivity contribution in [2.75, 3.05) is 44.5 Å². The Morgan fingerprint density at radius 2 is 1.71 bits per heavy atom. The quantitative estimate of drug-likeness (QED) is 0.112. The second-order valence-corrected chi connectivity index (χ2v) is 21.4. The first-order valence-corrected chi connectivity index (χ1v) is 22.6. The van der Waals surface area contributed by atoms with Crippen molar-refractivity contribution in [1.29, 1.82) is 0 Å². The molecule has 2 saturated heterocycles. The second kappa shape index (κ2) is 15.7. The van der Waals surface area contributed by atoms with Crippen molar-refractivity contribution < 1.29 is 50.3 Å². The molecule has 300 valence electrons. The normalized spacial score (nSPS) is 33.1. The average molecular weight is 850 g/mol. The van der Waals surface area contributed by atoms with E-state index in [1.165, 1.54) is 28.1 Å². The molecule has 26 heteroatoms. The number of likely N-dealkylation sites (N-methyl/N-ethyl adjacent to an activating group) is 1. The molecule has 3 aliphatic rings. The van der Waals surface area contributed by atoms with E-state index in [1.807, 2.05) is 0 Å². The van der Waals surface area contributed by atoms with Crippen LogP contribution in [0, 0.1) is 5.92 Å². The number of imidazole rings is 2. The number of thiol groups is 1. The van der Waals surface area contributed by atoms with Gasteiger partial charge in [0.2, 0.25) is 0 Å². The molecule has 4 aromatic rings. The van der Waals surface area contributed by atoms with Gasteiger partial charge >= 0.3 is 19.7 Å². The molecule has 4 aromatic heterocycles. The molecule has 1 saturated carbocycles. The van der Waals surface area contributed by atoms with Gasteiger partial charge in [-0.15, -0.1) is 0 Å². The van der Waals surface area contributed by atoms with Gasteiger partial charge in [-0.3, -0.25) is 23.5 Å². The van der Waals surface area contributed by atoms with Crippen molar-refractivity contribution in [3.63, 3.8) is 0 Å². The third-order valence-corrected chi connectivity index (χ3v) is 15.1. The Balaban J connectivity index is 1.17. The Morgan fingerprint density at radius 3 is 2.45 bits per heavy atom. The van der Waals surface area contributed by atoms with Gasteiger partial charge in [-0.25, -0.2) is 52.6 Å². The lowest BCUT2D eigenvalue weighted by Crippen LogP contribution is -2.35. The molecule has 2 aliphatic heterocycles. The van der Waals surface area contributed by atoms with Crippen molar-refractivity contribution in [3.05, 3.63) is 25.3 Å². The molecule has 0 aromatic carbocycles. The smallest absolute Gasteiger partial charge is 0.412 e. The number of halogens is 2. The Hall–Kier alpha value is -3.05. The van der Waals surface area contributed by atoms with E-state index in [0.717, 1.165) is 17.7 Å². The van der Waals surface area contributed by atoms with Crippen molar-refractivity contribution in [1.82, 2.24) is 44.4 Å². The number of hydrogen-bond donors (Lipinski definition) is 4. The van der Waals surface area contributed by atoms with Gasteiger partial charge in [0, 0.05) is 17.2 Å². The Labute approximate surface area is 321 Å². The van der Waals surface area contributed by atoms with E-state index >= 15 is 8.78 Å². The Bertz CT molecular complexity index is 2150. The molecule has 1 aliphatic carbocycles. The van der Waals surface area contributed by atoms with E-state index in [4.69, 9.17) is 33.3 Å². The number of nitrogens with one attached hydrogen (secondary N) is 2. The minimum absolute atomic E-state index is 0.0131. The summed E-state index contributed by atoms with van der Waals surface area (Å²) in [7, 11) is 1.70. The number of ether oxygens (including phenoxy) is 2. The number of amides is 1. The minimum Gasteiger partial charge on any atom is -0.448 e. The number of hydrogen-bond acceptors (Lipinski definition) is 18. The lowest BCUT2D eigenvalue weighted by Gasteiger charge is -2.32. The lowest BCUT2D eigenvalue weighted by atomic mass is 10.1. The number of anilines is 2. The fourth-order valence-corrected chi connectivity index (χ4v) is 12.6. The maximum atomic E-state index is 16.6. The molecule has 55 heavy (non-hydrogen) atoms. The van der Waals surface area contributed by atoms with Crippen LogP contribution in [-0.2, 0) is 36.7 Å². The van der Waals surface area contributed by atoms with Crippen LogP contribution in [0.25, 0.3) is 22.3 Å². The number of nitrogen functional groups attached to an aromatic ring is 1. The van der Waals surface area contributed by atoms with Crippen molar-refractivity contribution in [3.8, 4) is 0 Å². The molecule has 3 fully saturated rings. The van der Waals surface area contributed by atoms with Crippen LogP contribution >= 0.6 is 37.2 Å². The average Bonchev–Trinajstić information content (AvgIpc) is 3.87. The van der Waals surface area contributed by atoms with E-state index in [-0.39, 0.29) is 47.0 Å². The minimum atomic E-state index is -4.40. The molecule has 6 heterocycles. The van der Waals surface area contributed by atoms with Crippen molar-refractivity contribution in [2.45, 2.75) is 74.9 Å². The van der Waals surface area contributed by atoms with Gasteiger partial charge in [-0.1, -0.05) is 33.0 Å². The second-order valence-electron chi connectivity index (χ2n) is 13.9. The fourth-order valence-electron chi connectivity index (χ4n) is 6.53. The zero-order valence-corrected chi connectivity index (χ0v) is 33.3. The van der Waals surface area contributed by atoms with Gasteiger partial charge < -0.3 is 29.6 Å². The number of nitrogens with two attached hydrogens (primary N) is 1. The summed E-state index contributed by atoms with van der Waals surface area (Å²) in [6.45, 7) is -3.93. The van der Waals surface area contributed by atoms with Crippen LogP contribution in [0.1, 0.15) is 39.5 Å². The van der Waals surface area contributed by atoms with Gasteiger partial charge in [0.05, 0.1) is 31.9 Å². The fraction of sp³-hybridized carbons (Fsp3) is 0.621. The Morgan fingerprint density at radius 1 is 1.00 bits per heavy atom. The molecule has 0 radical (unpaired) electrons. The molecule has 0 bridgehead atoms. The van der Waals surface area contributed by atoms with Gasteiger partial charge in [0.1, 0.15) is 49.3 Å². The monoisotopic (exact) mass is 849 g/mol. The highest BCUT2D eigenvalue weighted by Crippen LogP contribution is 2.68. The summed E-state index contributed by atoms with van der Waals surface area (Å²) in [5.41, 5.74) is 6.64. The third kappa shape index (κ3) is 8.48. The van der Waals surface area contributed by atoms with E-state index in [0.29, 0.717) is 6.54 Å². The maximum absolute atomic E-state index is 16.6. The molecular formula is C29H39F2N11O9P2S2. The zero-order valence-electron chi connectivity index (χ0n) is 29.8. The van der Waals surface area contributed by atoms with Gasteiger partial charge in [0.25, 0.3) is 0 Å². The summed E-state index contributed by atoms with van der Waals surface area (Å²) in [6.07, 6.45) is -5.67. The topological polar surface area (TPSA) is 244 Å². The van der Waals surface area contributed by atoms with Crippen LogP contribution in [0.2, 0.25) is 0 Å². The highest BCUT2D eigenvalue weighted by molar-refractivity contribution is 8.55. The summed E-state index contributed by atoms with van der Waals surface area (Å²) in [6, 6.07) is -0.955. The first kappa shape index (κ1) is 40.2. The zero-order chi connectivity index (χ0) is 39.3. The SMILES string of the molecule is CNCCOC(=O)Nc1ncnc2c1ncn2[C@@H]1O[C@@H]2CO[P@@](=O)(SC(C)(C)C)O[C@@H]3[C@@H](CO[P@@](=O)(S)O[C@H]2[C@H]1F)C[C@@H](n1cnc2c(N)ncnc21)[C@@H]3F. The van der Waals surface area contributed by atoms with Crippen LogP contribution in [0.3, 0.4) is 0 Å². The molecule has 1 amide bonds. The number of rotatable bonds is 7. The number of alkyl halides is 2. The molecule has 0 unspecified atom stereocenters. The third-order valence-electron chi connectivity index (χ3n) is 8.88. The van der Waals surface area contributed by atoms with Crippen LogP contribution in [0.15, 0.2) is 25.3 Å². The predicted octanol–water partition coefficient (Wildman–Crippen LogP) is 4.65. The number of carbonyl (C=O) groups is 1. The standard InChI is InChI=1S/C29H39F2N11O9P2S2/c1-29(2,3)55-53(45)48-9-16-22(18(31)27(49-16)42-13-39-20-24(35-11-37-26(20)42)40-28(43)46-6-5-33-4)50-52(44,54)47-8-14-7-15(17(30)21(14)51-53)41-12-38-19-23(32)34-10-36-25(19)41/h10-18,21-22,27,33H,5-9H2,1-4H3,(H,44,54)(H2,32,34,36)(H,35,37,40,43)/t14-,15-,16-,17+,18-,21-,22-,27-,52-,53-/m1/s1. The van der Waals surface area contributed by atoms with Gasteiger partial charge in [0.15, 0.2) is 40.8 Å². The summed E-state index contributed by atoms with van der Waals surface area (Å²) in [4.78, 5) is 37.2. The first-order valence-electron chi connectivity index (χ1n) is 17.0. The largest absolute Gasteiger partial charge is 0.448 e. The van der Waals surface area contributed by atoms with Crippen LogP contribution in [0.5, 0.6) is 0 Å². The summed E-state index contributed by atoms with van der Waals surface area (Å²) in [5.74, 6) is -0.783. The van der Waals surface area contributed by atoms with Crippen molar-refractivity contribution >= 4 is 77.3 Å². The maximum Gasteiger partial charge on any atom is 0.412 e. The van der Waals surface area contributed by atoms with E-state index in [1.54, 1.807) is 27.8 Å². The van der Waals surface area contributed by atoms with Crippen LogP contribution in [-0.4, -0.2) is 114 Å². The van der Waals surface area contributed by atoms with E-state index in [2.05, 4.69) is 52.8 Å². The van der Waals surface area contributed by atoms with Gasteiger partial charge in [-0.05, 0) is 24.9 Å². The van der Waals surface area contributed by atoms with Crippen molar-refractivity contribution in [2.24, 2.45) is 5.92 Å². The highest BCUT2D eigenvalue weighted by atomic mass is 32.7. The molecular weight excluding hydrogens is 810 g/mol. The number of nitrogens with zero attached hydrogens (tertiary/aromatic N) is 8. The lowest BCUT2D eigenvalue weighted by molar-refractivity contribution is -0.0451. The number of aromatic nitrogens is 8. The van der Waals surface area contributed by atoms with Gasteiger partial charge in [-0.2, -0.15) is 0 Å². The highest BCUT2D eigenvalue weighted by Gasteiger charge is 2.55. The summed E-state index contributed by atoms with van der Waals surface area (Å²) >= 11 is 4.98. The number of fused-ring (bicyclic) bond motifs is 4. The molecule has 7 rings (SSSR count). The molecule has 20 nitrogen and oxygen atoms in total. The molecule has 10 atom stereocenters. The Kier molecular flexibility index (Phi) is 11.5. The summed E-state index contributed by atoms with van der Waals surface area (Å²) in [5, 5.41) is 5.33. The van der Waals surface area contributed by atoms with Crippen LogP contribution < -0.4 is 16.4 Å². The van der Waals surface area contributed by atoms with E-state index < -0.39 is 86.5 Å². The molecule has 4 N–H and O–H groups in total. The van der Waals surface area contributed by atoms with E-state index in [9.17, 15) is 13.9 Å². The first-order chi connectivity index (χ1) is 26.1. The number of carbonyl (C=O) groups excluding carboxylic acids is 1. The van der Waals surface area contributed by atoms with Crippen LogP contribution in [0.4, 0.5) is 25.2 Å². The summed E-state index contributed by atoms with van der Waals surface area (Å²) < 4.78 is 98.2. The predicted molar refractivity (Wildman–Crippen MR) is 198 cm³/mol.